The number of ether oxygens (including phenoxy) is 1. The zero-order chi connectivity index (χ0) is 13.7. The van der Waals surface area contributed by atoms with Crippen LogP contribution in [0.5, 0.6) is 5.88 Å². The van der Waals surface area contributed by atoms with Crippen molar-refractivity contribution in [1.82, 2.24) is 14.7 Å². The van der Waals surface area contributed by atoms with E-state index in [-0.39, 0.29) is 6.42 Å². The van der Waals surface area contributed by atoms with Crippen LogP contribution in [0.15, 0.2) is 0 Å². The summed E-state index contributed by atoms with van der Waals surface area (Å²) in [5.41, 5.74) is 2.00. The molecule has 102 valence electrons. The fraction of sp³-hybridized carbons (Fsp3) is 0.667. The Morgan fingerprint density at radius 2 is 2.22 bits per heavy atom. The van der Waals surface area contributed by atoms with Gasteiger partial charge in [0.15, 0.2) is 0 Å². The van der Waals surface area contributed by atoms with Gasteiger partial charge in [-0.25, -0.2) is 4.68 Å². The predicted molar refractivity (Wildman–Crippen MR) is 67.7 cm³/mol. The number of aromatic nitrogens is 2. The van der Waals surface area contributed by atoms with Crippen LogP contribution in [0.2, 0.25) is 0 Å². The lowest BCUT2D eigenvalue weighted by Gasteiger charge is -2.16. The second kappa shape index (κ2) is 6.39. The number of aryl methyl sites for hydroxylation is 2. The zero-order valence-electron chi connectivity index (χ0n) is 11.4. The molecule has 1 rings (SSSR count). The summed E-state index contributed by atoms with van der Waals surface area (Å²) in [7, 11) is 5.44. The molecule has 1 N–H and O–H groups in total. The monoisotopic (exact) mass is 255 g/mol. The third-order valence-electron chi connectivity index (χ3n) is 2.84. The first-order valence-corrected chi connectivity index (χ1v) is 5.92. The zero-order valence-corrected chi connectivity index (χ0v) is 11.4. The molecule has 0 amide bonds. The number of carboxylic acid groups (broad SMARTS) is 1. The predicted octanol–water partition coefficient (Wildman–Crippen LogP) is 1.03. The lowest BCUT2D eigenvalue weighted by Crippen LogP contribution is -2.20. The van der Waals surface area contributed by atoms with Crippen LogP contribution in [-0.2, 0) is 18.4 Å². The normalized spacial score (nSPS) is 10.9. The Balaban J connectivity index is 2.58. The van der Waals surface area contributed by atoms with Gasteiger partial charge in [-0.1, -0.05) is 0 Å². The minimum absolute atomic E-state index is 0.202. The molecule has 1 aromatic rings. The highest BCUT2D eigenvalue weighted by Gasteiger charge is 2.15. The molecule has 0 aliphatic carbocycles. The summed E-state index contributed by atoms with van der Waals surface area (Å²) in [6, 6.07) is 0. The molecule has 18 heavy (non-hydrogen) atoms. The van der Waals surface area contributed by atoms with Crippen molar-refractivity contribution >= 4 is 5.97 Å². The Bertz CT molecular complexity index is 415. The average Bonchev–Trinajstić information content (AvgIpc) is 2.53. The van der Waals surface area contributed by atoms with E-state index in [9.17, 15) is 4.79 Å². The third-order valence-corrected chi connectivity index (χ3v) is 2.84. The Morgan fingerprint density at radius 3 is 2.78 bits per heavy atom. The number of hydrogen-bond donors (Lipinski definition) is 1. The minimum atomic E-state index is -0.751. The van der Waals surface area contributed by atoms with Crippen molar-refractivity contribution in [2.45, 2.75) is 26.3 Å². The molecule has 0 saturated carbocycles. The summed E-state index contributed by atoms with van der Waals surface area (Å²) < 4.78 is 7.04. The largest absolute Gasteiger partial charge is 0.481 e. The van der Waals surface area contributed by atoms with E-state index < -0.39 is 5.97 Å². The van der Waals surface area contributed by atoms with E-state index in [1.165, 1.54) is 0 Å². The van der Waals surface area contributed by atoms with Gasteiger partial charge in [0, 0.05) is 20.0 Å². The average molecular weight is 255 g/mol. The number of methoxy groups -OCH3 is 1. The molecule has 1 heterocycles. The summed E-state index contributed by atoms with van der Waals surface area (Å²) in [4.78, 5) is 12.5. The molecule has 0 atom stereocenters. The van der Waals surface area contributed by atoms with E-state index in [1.54, 1.807) is 11.8 Å². The van der Waals surface area contributed by atoms with E-state index >= 15 is 0 Å². The summed E-state index contributed by atoms with van der Waals surface area (Å²) in [6.07, 6.45) is 0.848. The lowest BCUT2D eigenvalue weighted by molar-refractivity contribution is -0.137. The number of rotatable bonds is 7. The molecule has 0 aliphatic heterocycles. The molecule has 0 saturated heterocycles. The molecular formula is C12H21N3O3. The second-order valence-corrected chi connectivity index (χ2v) is 4.43. The van der Waals surface area contributed by atoms with Crippen LogP contribution in [0, 0.1) is 6.92 Å². The number of aliphatic carboxylic acids is 1. The molecule has 0 aliphatic rings. The summed E-state index contributed by atoms with van der Waals surface area (Å²) in [6.45, 7) is 3.40. The van der Waals surface area contributed by atoms with Crippen molar-refractivity contribution in [2.24, 2.45) is 7.05 Å². The van der Waals surface area contributed by atoms with Crippen LogP contribution >= 0.6 is 0 Å². The number of carbonyl (C=O) groups is 1. The van der Waals surface area contributed by atoms with Gasteiger partial charge in [0.1, 0.15) is 0 Å². The van der Waals surface area contributed by atoms with E-state index in [0.717, 1.165) is 23.7 Å². The number of carboxylic acids is 1. The van der Waals surface area contributed by atoms with Gasteiger partial charge in [0.25, 0.3) is 0 Å². The second-order valence-electron chi connectivity index (χ2n) is 4.43. The summed E-state index contributed by atoms with van der Waals surface area (Å²) in [5.74, 6) is 0.0103. The third kappa shape index (κ3) is 3.73. The van der Waals surface area contributed by atoms with Gasteiger partial charge in [-0.05, 0) is 26.9 Å². The number of nitrogens with zero attached hydrogens (tertiary/aromatic N) is 3. The Kier molecular flexibility index (Phi) is 5.15. The van der Waals surface area contributed by atoms with Gasteiger partial charge in [-0.15, -0.1) is 0 Å². The van der Waals surface area contributed by atoms with Crippen LogP contribution in [-0.4, -0.2) is 46.5 Å². The Hall–Kier alpha value is -1.56. The van der Waals surface area contributed by atoms with Gasteiger partial charge >= 0.3 is 5.97 Å². The highest BCUT2D eigenvalue weighted by Crippen LogP contribution is 2.22. The smallest absolute Gasteiger partial charge is 0.303 e. The SMILES string of the molecule is COc1c(CN(C)CCCC(=O)O)c(C)nn1C. The first-order valence-electron chi connectivity index (χ1n) is 5.92. The number of hydrogen-bond acceptors (Lipinski definition) is 4. The van der Waals surface area contributed by atoms with Crippen LogP contribution in [0.1, 0.15) is 24.1 Å². The standard InChI is InChI=1S/C12H21N3O3/c1-9-10(12(18-4)15(3)13-9)8-14(2)7-5-6-11(16)17/h5-8H2,1-4H3,(H,16,17). The van der Waals surface area contributed by atoms with Crippen molar-refractivity contribution < 1.29 is 14.6 Å². The fourth-order valence-corrected chi connectivity index (χ4v) is 1.97. The highest BCUT2D eigenvalue weighted by atomic mass is 16.5. The molecule has 6 nitrogen and oxygen atoms in total. The molecule has 0 unspecified atom stereocenters. The van der Waals surface area contributed by atoms with E-state index in [4.69, 9.17) is 9.84 Å². The summed E-state index contributed by atoms with van der Waals surface area (Å²) in [5, 5.41) is 12.9. The van der Waals surface area contributed by atoms with Crippen molar-refractivity contribution in [3.05, 3.63) is 11.3 Å². The summed E-state index contributed by atoms with van der Waals surface area (Å²) >= 11 is 0. The molecule has 0 spiro atoms. The Labute approximate surface area is 107 Å². The van der Waals surface area contributed by atoms with Gasteiger partial charge in [0.2, 0.25) is 5.88 Å². The van der Waals surface area contributed by atoms with Crippen LogP contribution in [0.4, 0.5) is 0 Å². The van der Waals surface area contributed by atoms with Crippen molar-refractivity contribution in [2.75, 3.05) is 20.7 Å². The van der Waals surface area contributed by atoms with Gasteiger partial charge < -0.3 is 14.7 Å². The van der Waals surface area contributed by atoms with E-state index in [0.29, 0.717) is 13.0 Å². The van der Waals surface area contributed by atoms with Gasteiger partial charge in [0.05, 0.1) is 18.4 Å². The molecule has 0 bridgehead atoms. The Morgan fingerprint density at radius 1 is 1.56 bits per heavy atom. The molecule has 0 radical (unpaired) electrons. The first kappa shape index (κ1) is 14.5. The van der Waals surface area contributed by atoms with Crippen molar-refractivity contribution in [3.63, 3.8) is 0 Å². The van der Waals surface area contributed by atoms with Gasteiger partial charge in [-0.3, -0.25) is 4.79 Å². The van der Waals surface area contributed by atoms with Crippen LogP contribution < -0.4 is 4.74 Å². The van der Waals surface area contributed by atoms with Crippen LogP contribution in [0.3, 0.4) is 0 Å². The van der Waals surface area contributed by atoms with Crippen molar-refractivity contribution in [3.8, 4) is 5.88 Å². The molecule has 6 heteroatoms. The quantitative estimate of drug-likeness (QED) is 0.788. The van der Waals surface area contributed by atoms with E-state index in [2.05, 4.69) is 10.00 Å². The van der Waals surface area contributed by atoms with Gasteiger partial charge in [-0.2, -0.15) is 5.10 Å². The molecular weight excluding hydrogens is 234 g/mol. The minimum Gasteiger partial charge on any atom is -0.481 e. The highest BCUT2D eigenvalue weighted by molar-refractivity contribution is 5.66. The van der Waals surface area contributed by atoms with Crippen LogP contribution in [0.25, 0.3) is 0 Å². The molecule has 1 aromatic heterocycles. The topological polar surface area (TPSA) is 67.6 Å². The van der Waals surface area contributed by atoms with Crippen molar-refractivity contribution in [1.29, 1.82) is 0 Å². The lowest BCUT2D eigenvalue weighted by atomic mass is 10.2. The molecule has 0 fully saturated rings. The fourth-order valence-electron chi connectivity index (χ4n) is 1.97. The molecule has 0 aromatic carbocycles. The maximum Gasteiger partial charge on any atom is 0.303 e. The first-order chi connectivity index (χ1) is 8.45. The maximum absolute atomic E-state index is 10.4. The van der Waals surface area contributed by atoms with E-state index in [1.807, 2.05) is 21.0 Å². The maximum atomic E-state index is 10.4.